The van der Waals surface area contributed by atoms with E-state index >= 15 is 0 Å². The second kappa shape index (κ2) is 6.51. The molecule has 2 aromatic rings. The number of halogens is 2. The first-order chi connectivity index (χ1) is 9.65. The number of hydrogen-bond donors (Lipinski definition) is 2. The van der Waals surface area contributed by atoms with Gasteiger partial charge in [-0.05, 0) is 24.3 Å². The van der Waals surface area contributed by atoms with Gasteiger partial charge < -0.3 is 15.4 Å². The summed E-state index contributed by atoms with van der Waals surface area (Å²) in [6, 6.07) is 11.1. The third-order valence-corrected chi connectivity index (χ3v) is 2.39. The molecule has 0 bridgehead atoms. The summed E-state index contributed by atoms with van der Waals surface area (Å²) >= 11 is 0. The zero-order valence-electron chi connectivity index (χ0n) is 10.4. The minimum atomic E-state index is -0.843. The van der Waals surface area contributed by atoms with E-state index in [-0.39, 0.29) is 12.4 Å². The number of anilines is 1. The van der Waals surface area contributed by atoms with Crippen LogP contribution in [0.4, 0.5) is 19.3 Å². The number of benzene rings is 2. The van der Waals surface area contributed by atoms with Crippen molar-refractivity contribution < 1.29 is 18.3 Å². The first kappa shape index (κ1) is 13.8. The van der Waals surface area contributed by atoms with Gasteiger partial charge >= 0.3 is 6.03 Å². The Kier molecular flexibility index (Phi) is 4.49. The van der Waals surface area contributed by atoms with Gasteiger partial charge in [0, 0.05) is 6.07 Å². The van der Waals surface area contributed by atoms with Crippen molar-refractivity contribution in [2.75, 3.05) is 12.0 Å². The summed E-state index contributed by atoms with van der Waals surface area (Å²) in [4.78, 5) is 11.5. The summed E-state index contributed by atoms with van der Waals surface area (Å²) in [6.45, 7) is -0.0708. The highest BCUT2D eigenvalue weighted by Gasteiger charge is 2.07. The van der Waals surface area contributed by atoms with Gasteiger partial charge in [0.15, 0.2) is 6.73 Å². The predicted molar refractivity (Wildman–Crippen MR) is 70.4 cm³/mol. The average molecular weight is 278 g/mol. The smallest absolute Gasteiger partial charge is 0.321 e. The summed E-state index contributed by atoms with van der Waals surface area (Å²) in [5.41, 5.74) is -0.108. The molecule has 0 radical (unpaired) electrons. The Hall–Kier alpha value is -2.63. The maximum absolute atomic E-state index is 13.3. The van der Waals surface area contributed by atoms with Crippen molar-refractivity contribution in [1.82, 2.24) is 5.32 Å². The normalized spacial score (nSPS) is 9.90. The lowest BCUT2D eigenvalue weighted by Gasteiger charge is -2.09. The molecule has 0 heterocycles. The van der Waals surface area contributed by atoms with Crippen LogP contribution in [0.1, 0.15) is 0 Å². The maximum atomic E-state index is 13.3. The molecule has 104 valence electrons. The summed E-state index contributed by atoms with van der Waals surface area (Å²) in [7, 11) is 0. The van der Waals surface area contributed by atoms with Gasteiger partial charge in [0.25, 0.3) is 0 Å². The molecular weight excluding hydrogens is 266 g/mol. The van der Waals surface area contributed by atoms with E-state index in [2.05, 4.69) is 10.6 Å². The third-order valence-electron chi connectivity index (χ3n) is 2.39. The number of ether oxygens (including phenoxy) is 1. The third kappa shape index (κ3) is 3.94. The van der Waals surface area contributed by atoms with E-state index in [1.165, 1.54) is 0 Å². The molecule has 2 aromatic carbocycles. The van der Waals surface area contributed by atoms with E-state index in [4.69, 9.17) is 4.74 Å². The predicted octanol–water partition coefficient (Wildman–Crippen LogP) is 3.12. The monoisotopic (exact) mass is 278 g/mol. The Morgan fingerprint density at radius 1 is 1.10 bits per heavy atom. The minimum absolute atomic E-state index is 0.0708. The quantitative estimate of drug-likeness (QED) is 0.844. The zero-order valence-corrected chi connectivity index (χ0v) is 10.4. The second-order valence-electron chi connectivity index (χ2n) is 3.86. The van der Waals surface area contributed by atoms with Crippen LogP contribution >= 0.6 is 0 Å². The van der Waals surface area contributed by atoms with Gasteiger partial charge in [-0.15, -0.1) is 0 Å². The van der Waals surface area contributed by atoms with Crippen LogP contribution in [0, 0.1) is 11.6 Å². The van der Waals surface area contributed by atoms with Gasteiger partial charge in [-0.3, -0.25) is 0 Å². The van der Waals surface area contributed by atoms with Crippen LogP contribution in [0.25, 0.3) is 0 Å². The van der Waals surface area contributed by atoms with E-state index in [0.29, 0.717) is 11.8 Å². The number of nitrogens with one attached hydrogen (secondary N) is 2. The summed E-state index contributed by atoms with van der Waals surface area (Å²) in [6.07, 6.45) is 0. The molecule has 20 heavy (non-hydrogen) atoms. The number of carbonyl (C=O) groups excluding carboxylic acids is 1. The fourth-order valence-electron chi connectivity index (χ4n) is 1.46. The zero-order chi connectivity index (χ0) is 14.4. The van der Waals surface area contributed by atoms with Gasteiger partial charge in [0.05, 0.1) is 5.69 Å². The minimum Gasteiger partial charge on any atom is -0.473 e. The van der Waals surface area contributed by atoms with Crippen LogP contribution in [0.15, 0.2) is 48.5 Å². The van der Waals surface area contributed by atoms with Crippen molar-refractivity contribution in [3.63, 3.8) is 0 Å². The standard InChI is InChI=1S/C14H12F2N2O2/c15-10-6-7-13(12(16)8-10)18-14(19)17-9-20-11-4-2-1-3-5-11/h1-8H,9H2,(H2,17,18,19). The van der Waals surface area contributed by atoms with Crippen LogP contribution in [-0.2, 0) is 0 Å². The van der Waals surface area contributed by atoms with E-state index in [9.17, 15) is 13.6 Å². The Morgan fingerprint density at radius 3 is 2.55 bits per heavy atom. The molecule has 0 aliphatic carbocycles. The van der Waals surface area contributed by atoms with Crippen LogP contribution in [0.3, 0.4) is 0 Å². The van der Waals surface area contributed by atoms with Crippen molar-refractivity contribution in [1.29, 1.82) is 0 Å². The summed E-state index contributed by atoms with van der Waals surface area (Å²) < 4.78 is 31.2. The number of hydrogen-bond acceptors (Lipinski definition) is 2. The highest BCUT2D eigenvalue weighted by molar-refractivity contribution is 5.89. The topological polar surface area (TPSA) is 50.4 Å². The van der Waals surface area contributed by atoms with Crippen LogP contribution in [0.2, 0.25) is 0 Å². The molecular formula is C14H12F2N2O2. The second-order valence-corrected chi connectivity index (χ2v) is 3.86. The van der Waals surface area contributed by atoms with Gasteiger partial charge in [-0.25, -0.2) is 13.6 Å². The fourth-order valence-corrected chi connectivity index (χ4v) is 1.46. The van der Waals surface area contributed by atoms with Gasteiger partial charge in [0.1, 0.15) is 17.4 Å². The van der Waals surface area contributed by atoms with Crippen molar-refractivity contribution >= 4 is 11.7 Å². The molecule has 0 aliphatic heterocycles. The van der Waals surface area contributed by atoms with Crippen molar-refractivity contribution in [2.24, 2.45) is 0 Å². The molecule has 0 fully saturated rings. The van der Waals surface area contributed by atoms with Crippen LogP contribution < -0.4 is 15.4 Å². The van der Waals surface area contributed by atoms with E-state index in [1.54, 1.807) is 24.3 Å². The highest BCUT2D eigenvalue weighted by atomic mass is 19.1. The lowest BCUT2D eigenvalue weighted by molar-refractivity contribution is 0.234. The number of carbonyl (C=O) groups is 1. The first-order valence-corrected chi connectivity index (χ1v) is 5.83. The Labute approximate surface area is 114 Å². The summed E-state index contributed by atoms with van der Waals surface area (Å²) in [5, 5.41) is 4.64. The average Bonchev–Trinajstić information content (AvgIpc) is 2.43. The molecule has 2 N–H and O–H groups in total. The molecule has 0 saturated heterocycles. The molecule has 0 spiro atoms. The molecule has 4 nitrogen and oxygen atoms in total. The van der Waals surface area contributed by atoms with Crippen molar-refractivity contribution in [3.8, 4) is 5.75 Å². The fraction of sp³-hybridized carbons (Fsp3) is 0.0714. The van der Waals surface area contributed by atoms with Crippen LogP contribution in [-0.4, -0.2) is 12.8 Å². The maximum Gasteiger partial charge on any atom is 0.321 e. The van der Waals surface area contributed by atoms with Gasteiger partial charge in [0.2, 0.25) is 0 Å². The molecule has 2 amide bonds. The molecule has 0 aromatic heterocycles. The number of urea groups is 1. The lowest BCUT2D eigenvalue weighted by atomic mass is 10.3. The summed E-state index contributed by atoms with van der Waals surface area (Å²) in [5.74, 6) is -0.953. The molecule has 6 heteroatoms. The lowest BCUT2D eigenvalue weighted by Crippen LogP contribution is -2.32. The van der Waals surface area contributed by atoms with E-state index in [0.717, 1.165) is 12.1 Å². The molecule has 0 saturated carbocycles. The Morgan fingerprint density at radius 2 is 1.85 bits per heavy atom. The van der Waals surface area contributed by atoms with E-state index < -0.39 is 17.7 Å². The molecule has 0 aliphatic rings. The number of para-hydroxylation sites is 1. The van der Waals surface area contributed by atoms with E-state index in [1.807, 2.05) is 6.07 Å². The highest BCUT2D eigenvalue weighted by Crippen LogP contribution is 2.14. The molecule has 0 atom stereocenters. The van der Waals surface area contributed by atoms with Crippen molar-refractivity contribution in [2.45, 2.75) is 0 Å². The largest absolute Gasteiger partial charge is 0.473 e. The van der Waals surface area contributed by atoms with Crippen LogP contribution in [0.5, 0.6) is 5.75 Å². The van der Waals surface area contributed by atoms with Gasteiger partial charge in [-0.1, -0.05) is 18.2 Å². The molecule has 0 unspecified atom stereocenters. The number of rotatable bonds is 4. The first-order valence-electron chi connectivity index (χ1n) is 5.83. The van der Waals surface area contributed by atoms with Crippen molar-refractivity contribution in [3.05, 3.63) is 60.2 Å². The molecule has 2 rings (SSSR count). The van der Waals surface area contributed by atoms with Gasteiger partial charge in [-0.2, -0.15) is 0 Å². The SMILES string of the molecule is O=C(NCOc1ccccc1)Nc1ccc(F)cc1F. The Bertz CT molecular complexity index is 591. The number of amides is 2. The Balaban J connectivity index is 1.81.